The molecule has 1 saturated carbocycles. The number of hydrogen-bond acceptors (Lipinski definition) is 7. The number of rotatable bonds is 4. The van der Waals surface area contributed by atoms with Gasteiger partial charge in [-0.2, -0.15) is 0 Å². The maximum atomic E-state index is 14.0. The van der Waals surface area contributed by atoms with Crippen LogP contribution >= 0.6 is 11.5 Å². The third-order valence-corrected chi connectivity index (χ3v) is 6.55. The van der Waals surface area contributed by atoms with E-state index in [2.05, 4.69) is 19.9 Å². The van der Waals surface area contributed by atoms with Crippen LogP contribution in [0.5, 0.6) is 0 Å². The average molecular weight is 502 g/mol. The number of carbonyl (C=O) groups is 1. The number of halogens is 3. The summed E-state index contributed by atoms with van der Waals surface area (Å²) in [5.41, 5.74) is -1.52. The zero-order valence-corrected chi connectivity index (χ0v) is 18.8. The molecule has 0 radical (unpaired) electrons. The van der Waals surface area contributed by atoms with Crippen LogP contribution in [0.25, 0.3) is 16.7 Å². The van der Waals surface area contributed by atoms with Crippen molar-refractivity contribution in [3.05, 3.63) is 79.8 Å². The number of pyridine rings is 1. The molecule has 3 heterocycles. The first-order valence-corrected chi connectivity index (χ1v) is 11.5. The van der Waals surface area contributed by atoms with Gasteiger partial charge >= 0.3 is 5.69 Å². The molecule has 1 N–H and O–H groups in total. The van der Waals surface area contributed by atoms with Crippen molar-refractivity contribution in [2.75, 3.05) is 0 Å². The number of aromatic nitrogens is 5. The highest BCUT2D eigenvalue weighted by atomic mass is 32.1. The molecule has 1 fully saturated rings. The minimum absolute atomic E-state index is 0.0513. The quantitative estimate of drug-likeness (QED) is 0.459. The van der Waals surface area contributed by atoms with E-state index in [4.69, 9.17) is 0 Å². The van der Waals surface area contributed by atoms with Gasteiger partial charge in [0.1, 0.15) is 5.82 Å². The Kier molecular flexibility index (Phi) is 5.93. The molecule has 3 aromatic heterocycles. The summed E-state index contributed by atoms with van der Waals surface area (Å²) in [5, 5.41) is 7.97. The van der Waals surface area contributed by atoms with Crippen LogP contribution < -0.4 is 16.6 Å². The minimum atomic E-state index is -1.19. The van der Waals surface area contributed by atoms with E-state index in [-0.39, 0.29) is 34.4 Å². The molecule has 4 aromatic rings. The van der Waals surface area contributed by atoms with E-state index in [1.165, 1.54) is 11.4 Å². The highest BCUT2D eigenvalue weighted by molar-refractivity contribution is 7.03. The van der Waals surface area contributed by atoms with Gasteiger partial charge in [0.05, 0.1) is 17.3 Å². The van der Waals surface area contributed by atoms with Gasteiger partial charge in [-0.25, -0.2) is 27.5 Å². The van der Waals surface area contributed by atoms with Gasteiger partial charge in [-0.3, -0.25) is 14.2 Å². The molecule has 180 valence electrons. The maximum Gasteiger partial charge on any atom is 0.337 e. The van der Waals surface area contributed by atoms with Gasteiger partial charge in [0, 0.05) is 23.5 Å². The standard InChI is InChI=1S/C22H17F3N6O3S/c23-11-7-15-19(26-9-11)30(14-5-6-16(24)17(25)8-14)22(34)31(21(15)33)13-3-1-12(2-4-13)27-20(32)18-10-35-29-28-18/h5-10,12-13H,1-4H2,(H,27,32). The molecule has 0 saturated heterocycles. The molecule has 0 unspecified atom stereocenters. The van der Waals surface area contributed by atoms with Gasteiger partial charge < -0.3 is 5.32 Å². The molecule has 9 nitrogen and oxygen atoms in total. The molecule has 35 heavy (non-hydrogen) atoms. The number of fused-ring (bicyclic) bond motifs is 1. The third kappa shape index (κ3) is 4.22. The summed E-state index contributed by atoms with van der Waals surface area (Å²) in [6, 6.07) is 3.07. The smallest absolute Gasteiger partial charge is 0.337 e. The van der Waals surface area contributed by atoms with Crippen molar-refractivity contribution in [3.8, 4) is 5.69 Å². The molecule has 0 atom stereocenters. The van der Waals surface area contributed by atoms with Crippen molar-refractivity contribution in [1.82, 2.24) is 29.0 Å². The van der Waals surface area contributed by atoms with Gasteiger partial charge in [0.15, 0.2) is 23.0 Å². The second kappa shape index (κ2) is 9.06. The number of nitrogens with one attached hydrogen (secondary N) is 1. The van der Waals surface area contributed by atoms with Gasteiger partial charge in [0.25, 0.3) is 11.5 Å². The van der Waals surface area contributed by atoms with Gasteiger partial charge in [-0.15, -0.1) is 5.10 Å². The fourth-order valence-corrected chi connectivity index (χ4v) is 4.80. The number of hydrogen-bond donors (Lipinski definition) is 1. The Morgan fingerprint density at radius 2 is 1.83 bits per heavy atom. The number of nitrogens with zero attached hydrogens (tertiary/aromatic N) is 5. The molecular weight excluding hydrogens is 485 g/mol. The molecule has 1 aliphatic rings. The first kappa shape index (κ1) is 22.9. The molecule has 0 spiro atoms. The SMILES string of the molecule is O=C(NC1CCC(n2c(=O)c3cc(F)cnc3n(-c3ccc(F)c(F)c3)c2=O)CC1)c1csnn1. The maximum absolute atomic E-state index is 14.0. The Morgan fingerprint density at radius 1 is 1.06 bits per heavy atom. The summed E-state index contributed by atoms with van der Waals surface area (Å²) in [7, 11) is 0. The van der Waals surface area contributed by atoms with Crippen molar-refractivity contribution < 1.29 is 18.0 Å². The normalized spacial score (nSPS) is 18.0. The largest absolute Gasteiger partial charge is 0.348 e. The topological polar surface area (TPSA) is 112 Å². The molecule has 5 rings (SSSR count). The van der Waals surface area contributed by atoms with E-state index in [9.17, 15) is 27.6 Å². The van der Waals surface area contributed by atoms with Gasteiger partial charge in [-0.1, -0.05) is 4.49 Å². The van der Waals surface area contributed by atoms with Gasteiger partial charge in [-0.05, 0) is 55.4 Å². The molecule has 1 amide bonds. The summed E-state index contributed by atoms with van der Waals surface area (Å²) in [4.78, 5) is 42.9. The second-order valence-corrected chi connectivity index (χ2v) is 8.80. The van der Waals surface area contributed by atoms with E-state index < -0.39 is 34.7 Å². The summed E-state index contributed by atoms with van der Waals surface area (Å²) < 4.78 is 47.1. The molecule has 1 aromatic carbocycles. The van der Waals surface area contributed by atoms with Crippen molar-refractivity contribution >= 4 is 28.5 Å². The van der Waals surface area contributed by atoms with Crippen LogP contribution in [0.1, 0.15) is 42.2 Å². The van der Waals surface area contributed by atoms with Crippen LogP contribution in [0, 0.1) is 17.5 Å². The Labute approximate surface area is 199 Å². The highest BCUT2D eigenvalue weighted by Crippen LogP contribution is 2.28. The molecule has 13 heteroatoms. The number of benzene rings is 1. The van der Waals surface area contributed by atoms with E-state index in [1.54, 1.807) is 0 Å². The zero-order chi connectivity index (χ0) is 24.7. The van der Waals surface area contributed by atoms with Crippen molar-refractivity contribution in [3.63, 3.8) is 0 Å². The van der Waals surface area contributed by atoms with Crippen LogP contribution in [-0.4, -0.2) is 35.7 Å². The lowest BCUT2D eigenvalue weighted by atomic mass is 9.91. The lowest BCUT2D eigenvalue weighted by Crippen LogP contribution is -2.45. The van der Waals surface area contributed by atoms with E-state index in [0.29, 0.717) is 25.7 Å². The average Bonchev–Trinajstić information content (AvgIpc) is 3.38. The van der Waals surface area contributed by atoms with Crippen molar-refractivity contribution in [2.45, 2.75) is 37.8 Å². The summed E-state index contributed by atoms with van der Waals surface area (Å²) >= 11 is 1.06. The molecule has 1 aliphatic carbocycles. The summed E-state index contributed by atoms with van der Waals surface area (Å²) in [6.45, 7) is 0. The molecular formula is C22H17F3N6O3S. The second-order valence-electron chi connectivity index (χ2n) is 8.19. The predicted octanol–water partition coefficient (Wildman–Crippen LogP) is 2.73. The molecule has 0 aliphatic heterocycles. The van der Waals surface area contributed by atoms with Gasteiger partial charge in [0.2, 0.25) is 0 Å². The minimum Gasteiger partial charge on any atom is -0.348 e. The van der Waals surface area contributed by atoms with Crippen LogP contribution in [-0.2, 0) is 0 Å². The van der Waals surface area contributed by atoms with E-state index in [1.807, 2.05) is 0 Å². The van der Waals surface area contributed by atoms with Crippen LogP contribution in [0.3, 0.4) is 0 Å². The molecule has 0 bridgehead atoms. The first-order chi connectivity index (χ1) is 16.8. The Morgan fingerprint density at radius 3 is 2.51 bits per heavy atom. The van der Waals surface area contributed by atoms with Crippen molar-refractivity contribution in [2.24, 2.45) is 0 Å². The fourth-order valence-electron chi connectivity index (χ4n) is 4.36. The number of carbonyl (C=O) groups excluding carboxylic acids is 1. The highest BCUT2D eigenvalue weighted by Gasteiger charge is 2.28. The third-order valence-electron chi connectivity index (χ3n) is 6.04. The van der Waals surface area contributed by atoms with Crippen molar-refractivity contribution in [1.29, 1.82) is 0 Å². The lowest BCUT2D eigenvalue weighted by molar-refractivity contribution is 0.0917. The Bertz CT molecular complexity index is 1540. The van der Waals surface area contributed by atoms with E-state index in [0.717, 1.165) is 45.1 Å². The summed E-state index contributed by atoms with van der Waals surface area (Å²) in [5.74, 6) is -3.42. The fraction of sp³-hybridized carbons (Fsp3) is 0.273. The predicted molar refractivity (Wildman–Crippen MR) is 120 cm³/mol. The number of amides is 1. The monoisotopic (exact) mass is 502 g/mol. The lowest BCUT2D eigenvalue weighted by Gasteiger charge is -2.30. The summed E-state index contributed by atoms with van der Waals surface area (Å²) in [6.07, 6.45) is 2.55. The van der Waals surface area contributed by atoms with Crippen LogP contribution in [0.2, 0.25) is 0 Å². The Hall–Kier alpha value is -3.87. The first-order valence-electron chi connectivity index (χ1n) is 10.7. The van der Waals surface area contributed by atoms with Crippen LogP contribution in [0.4, 0.5) is 13.2 Å². The Balaban J connectivity index is 1.52. The van der Waals surface area contributed by atoms with E-state index >= 15 is 0 Å². The zero-order valence-electron chi connectivity index (χ0n) is 18.0. The van der Waals surface area contributed by atoms with Crippen LogP contribution in [0.15, 0.2) is 45.4 Å².